The van der Waals surface area contributed by atoms with Crippen molar-refractivity contribution in [3.8, 4) is 0 Å². The van der Waals surface area contributed by atoms with Gasteiger partial charge in [-0.3, -0.25) is 4.68 Å². The van der Waals surface area contributed by atoms with Gasteiger partial charge in [0.05, 0.1) is 6.20 Å². The Hall–Kier alpha value is -2.07. The van der Waals surface area contributed by atoms with Crippen molar-refractivity contribution < 1.29 is 0 Å². The SMILES string of the molecule is CCn1cc(CNCCc2ccc3[nH]ccc3c2)cn1. The zero-order chi connectivity index (χ0) is 13.8. The highest BCUT2D eigenvalue weighted by atomic mass is 15.3. The van der Waals surface area contributed by atoms with Gasteiger partial charge in [-0.25, -0.2) is 0 Å². The average molecular weight is 268 g/mol. The van der Waals surface area contributed by atoms with Gasteiger partial charge in [0, 0.05) is 36.6 Å². The second-order valence-electron chi connectivity index (χ2n) is 5.03. The summed E-state index contributed by atoms with van der Waals surface area (Å²) in [5, 5.41) is 9.03. The standard InChI is InChI=1S/C16H20N4/c1-2-20-12-14(11-19-20)10-17-7-5-13-3-4-16-15(9-13)6-8-18-16/h3-4,6,8-9,11-12,17-18H,2,5,7,10H2,1H3. The molecule has 0 amide bonds. The van der Waals surface area contributed by atoms with Crippen molar-refractivity contribution in [2.45, 2.75) is 26.4 Å². The Morgan fingerprint density at radius 1 is 1.25 bits per heavy atom. The Bertz CT molecular complexity index is 680. The maximum absolute atomic E-state index is 4.27. The van der Waals surface area contributed by atoms with Crippen LogP contribution in [0.2, 0.25) is 0 Å². The molecule has 0 bridgehead atoms. The average Bonchev–Trinajstić information content (AvgIpc) is 3.11. The minimum atomic E-state index is 0.881. The van der Waals surface area contributed by atoms with Crippen molar-refractivity contribution in [1.82, 2.24) is 20.1 Å². The van der Waals surface area contributed by atoms with E-state index in [1.165, 1.54) is 22.0 Å². The molecule has 4 nitrogen and oxygen atoms in total. The second-order valence-corrected chi connectivity index (χ2v) is 5.03. The van der Waals surface area contributed by atoms with E-state index in [0.717, 1.165) is 26.1 Å². The van der Waals surface area contributed by atoms with Crippen LogP contribution in [0.1, 0.15) is 18.1 Å². The first kappa shape index (κ1) is 12.9. The molecule has 0 spiro atoms. The number of aromatic amines is 1. The fraction of sp³-hybridized carbons (Fsp3) is 0.312. The molecule has 104 valence electrons. The number of aromatic nitrogens is 3. The number of benzene rings is 1. The van der Waals surface area contributed by atoms with Crippen LogP contribution in [0, 0.1) is 0 Å². The minimum Gasteiger partial charge on any atom is -0.361 e. The number of fused-ring (bicyclic) bond motifs is 1. The third-order valence-corrected chi connectivity index (χ3v) is 3.55. The van der Waals surface area contributed by atoms with Crippen LogP contribution in [0.3, 0.4) is 0 Å². The highest BCUT2D eigenvalue weighted by Gasteiger charge is 1.99. The van der Waals surface area contributed by atoms with Crippen molar-refractivity contribution in [2.75, 3.05) is 6.54 Å². The quantitative estimate of drug-likeness (QED) is 0.675. The van der Waals surface area contributed by atoms with Crippen LogP contribution >= 0.6 is 0 Å². The maximum Gasteiger partial charge on any atom is 0.0534 e. The van der Waals surface area contributed by atoms with Gasteiger partial charge in [0.15, 0.2) is 0 Å². The van der Waals surface area contributed by atoms with Crippen molar-refractivity contribution in [2.24, 2.45) is 0 Å². The number of nitrogens with one attached hydrogen (secondary N) is 2. The summed E-state index contributed by atoms with van der Waals surface area (Å²) in [6.07, 6.45) is 7.06. The predicted molar refractivity (Wildman–Crippen MR) is 81.6 cm³/mol. The minimum absolute atomic E-state index is 0.881. The first-order valence-electron chi connectivity index (χ1n) is 7.13. The molecule has 2 N–H and O–H groups in total. The van der Waals surface area contributed by atoms with Gasteiger partial charge in [0.25, 0.3) is 0 Å². The fourth-order valence-corrected chi connectivity index (χ4v) is 2.39. The monoisotopic (exact) mass is 268 g/mol. The van der Waals surface area contributed by atoms with Gasteiger partial charge in [0.2, 0.25) is 0 Å². The first-order chi connectivity index (χ1) is 9.85. The van der Waals surface area contributed by atoms with Crippen molar-refractivity contribution in [3.05, 3.63) is 54.0 Å². The van der Waals surface area contributed by atoms with E-state index in [2.05, 4.69) is 52.8 Å². The van der Waals surface area contributed by atoms with Crippen molar-refractivity contribution in [3.63, 3.8) is 0 Å². The van der Waals surface area contributed by atoms with Gasteiger partial charge < -0.3 is 10.3 Å². The zero-order valence-electron chi connectivity index (χ0n) is 11.8. The van der Waals surface area contributed by atoms with Crippen LogP contribution in [0.15, 0.2) is 42.9 Å². The molecular formula is C16H20N4. The van der Waals surface area contributed by atoms with Gasteiger partial charge in [-0.2, -0.15) is 5.10 Å². The molecule has 3 rings (SSSR count). The molecule has 0 saturated carbocycles. The summed E-state index contributed by atoms with van der Waals surface area (Å²) in [6.45, 7) is 4.89. The molecule has 0 atom stereocenters. The van der Waals surface area contributed by atoms with Crippen LogP contribution in [0.5, 0.6) is 0 Å². The lowest BCUT2D eigenvalue weighted by Crippen LogP contribution is -2.16. The Labute approximate surface area is 118 Å². The summed E-state index contributed by atoms with van der Waals surface area (Å²) >= 11 is 0. The van der Waals surface area contributed by atoms with E-state index < -0.39 is 0 Å². The molecule has 0 aliphatic heterocycles. The summed E-state index contributed by atoms with van der Waals surface area (Å²) in [6, 6.07) is 8.71. The first-order valence-corrected chi connectivity index (χ1v) is 7.13. The molecule has 0 fully saturated rings. The highest BCUT2D eigenvalue weighted by Crippen LogP contribution is 2.14. The molecule has 0 aliphatic rings. The van der Waals surface area contributed by atoms with Gasteiger partial charge in [-0.05, 0) is 49.0 Å². The van der Waals surface area contributed by atoms with Crippen LogP contribution in [-0.2, 0) is 19.5 Å². The highest BCUT2D eigenvalue weighted by molar-refractivity contribution is 5.79. The van der Waals surface area contributed by atoms with Crippen molar-refractivity contribution >= 4 is 10.9 Å². The number of rotatable bonds is 6. The molecular weight excluding hydrogens is 248 g/mol. The molecule has 0 aliphatic carbocycles. The summed E-state index contributed by atoms with van der Waals surface area (Å²) in [5.41, 5.74) is 3.82. The number of nitrogens with zero attached hydrogens (tertiary/aromatic N) is 2. The Kier molecular flexibility index (Phi) is 3.83. The topological polar surface area (TPSA) is 45.6 Å². The lowest BCUT2D eigenvalue weighted by Gasteiger charge is -2.04. The fourth-order valence-electron chi connectivity index (χ4n) is 2.39. The molecule has 0 unspecified atom stereocenters. The Balaban J connectivity index is 1.49. The summed E-state index contributed by atoms with van der Waals surface area (Å²) < 4.78 is 1.96. The molecule has 0 radical (unpaired) electrons. The van der Waals surface area contributed by atoms with Gasteiger partial charge in [0.1, 0.15) is 0 Å². The molecule has 2 heterocycles. The van der Waals surface area contributed by atoms with Crippen LogP contribution in [0.25, 0.3) is 10.9 Å². The summed E-state index contributed by atoms with van der Waals surface area (Å²) in [7, 11) is 0. The largest absolute Gasteiger partial charge is 0.361 e. The lowest BCUT2D eigenvalue weighted by molar-refractivity contribution is 0.655. The van der Waals surface area contributed by atoms with E-state index in [-0.39, 0.29) is 0 Å². The van der Waals surface area contributed by atoms with E-state index in [0.29, 0.717) is 0 Å². The number of H-pyrrole nitrogens is 1. The number of hydrogen-bond donors (Lipinski definition) is 2. The van der Waals surface area contributed by atoms with Crippen molar-refractivity contribution in [1.29, 1.82) is 0 Å². The number of aryl methyl sites for hydroxylation is 1. The van der Waals surface area contributed by atoms with Gasteiger partial charge >= 0.3 is 0 Å². The van der Waals surface area contributed by atoms with Crippen LogP contribution < -0.4 is 5.32 Å². The van der Waals surface area contributed by atoms with Crippen LogP contribution in [0.4, 0.5) is 0 Å². The van der Waals surface area contributed by atoms with E-state index in [9.17, 15) is 0 Å². The third kappa shape index (κ3) is 2.91. The number of hydrogen-bond acceptors (Lipinski definition) is 2. The predicted octanol–water partition coefficient (Wildman–Crippen LogP) is 2.72. The summed E-state index contributed by atoms with van der Waals surface area (Å²) in [5.74, 6) is 0. The lowest BCUT2D eigenvalue weighted by atomic mass is 10.1. The molecule has 3 aromatic rings. The van der Waals surface area contributed by atoms with E-state index >= 15 is 0 Å². The molecule has 20 heavy (non-hydrogen) atoms. The Morgan fingerprint density at radius 2 is 2.20 bits per heavy atom. The molecule has 0 saturated heterocycles. The normalized spacial score (nSPS) is 11.2. The molecule has 2 aromatic heterocycles. The summed E-state index contributed by atoms with van der Waals surface area (Å²) in [4.78, 5) is 3.22. The second kappa shape index (κ2) is 5.92. The van der Waals surface area contributed by atoms with Gasteiger partial charge in [-0.1, -0.05) is 6.07 Å². The smallest absolute Gasteiger partial charge is 0.0534 e. The van der Waals surface area contributed by atoms with E-state index in [1.54, 1.807) is 0 Å². The maximum atomic E-state index is 4.27. The van der Waals surface area contributed by atoms with E-state index in [1.807, 2.05) is 17.1 Å². The van der Waals surface area contributed by atoms with E-state index in [4.69, 9.17) is 0 Å². The molecule has 4 heteroatoms. The zero-order valence-corrected chi connectivity index (χ0v) is 11.8. The molecule has 1 aromatic carbocycles. The van der Waals surface area contributed by atoms with Crippen LogP contribution in [-0.4, -0.2) is 21.3 Å². The Morgan fingerprint density at radius 3 is 3.05 bits per heavy atom. The third-order valence-electron chi connectivity index (χ3n) is 3.55. The van der Waals surface area contributed by atoms with Gasteiger partial charge in [-0.15, -0.1) is 0 Å².